The Kier molecular flexibility index (Phi) is 6.63. The second kappa shape index (κ2) is 8.38. The van der Waals surface area contributed by atoms with Crippen molar-refractivity contribution >= 4 is 23.7 Å². The van der Waals surface area contributed by atoms with E-state index in [0.29, 0.717) is 11.3 Å². The van der Waals surface area contributed by atoms with Gasteiger partial charge in [0.25, 0.3) is 0 Å². The molecule has 27 heavy (non-hydrogen) atoms. The molecule has 4 atom stereocenters. The Morgan fingerprint density at radius 2 is 1.81 bits per heavy atom. The fraction of sp³-hybridized carbons (Fsp3) is 0.524. The van der Waals surface area contributed by atoms with Crippen LogP contribution in [0.4, 0.5) is 0 Å². The first-order valence-electron chi connectivity index (χ1n) is 9.20. The van der Waals surface area contributed by atoms with Gasteiger partial charge in [0.1, 0.15) is 0 Å². The van der Waals surface area contributed by atoms with Crippen molar-refractivity contribution in [2.45, 2.75) is 63.3 Å². The molecular weight excluding hydrogens is 362 g/mol. The Balaban J connectivity index is 2.39. The van der Waals surface area contributed by atoms with Gasteiger partial charge >= 0.3 is 5.97 Å². The molecular formula is C21H28NO4S-. The van der Waals surface area contributed by atoms with E-state index >= 15 is 0 Å². The number of carbonyl (C=O) groups excluding carboxylic acids is 2. The molecule has 0 fully saturated rings. The average molecular weight is 391 g/mol. The van der Waals surface area contributed by atoms with Gasteiger partial charge in [-0.3, -0.25) is 0 Å². The van der Waals surface area contributed by atoms with E-state index in [2.05, 4.69) is 5.32 Å². The minimum Gasteiger partial charge on any atom is -0.550 e. The second-order valence-electron chi connectivity index (χ2n) is 7.56. The molecule has 0 saturated carbocycles. The van der Waals surface area contributed by atoms with Crippen LogP contribution >= 0.6 is 11.8 Å². The Morgan fingerprint density at radius 1 is 1.22 bits per heavy atom. The zero-order chi connectivity index (χ0) is 20.4. The van der Waals surface area contributed by atoms with Gasteiger partial charge < -0.3 is 20.0 Å². The minimum atomic E-state index is -1.17. The van der Waals surface area contributed by atoms with E-state index in [4.69, 9.17) is 4.74 Å². The van der Waals surface area contributed by atoms with Gasteiger partial charge in [-0.1, -0.05) is 32.0 Å². The van der Waals surface area contributed by atoms with Gasteiger partial charge in [-0.15, -0.1) is 11.8 Å². The van der Waals surface area contributed by atoms with Gasteiger partial charge in [-0.2, -0.15) is 0 Å². The highest BCUT2D eigenvalue weighted by atomic mass is 32.2. The lowest BCUT2D eigenvalue weighted by atomic mass is 9.69. The second-order valence-corrected chi connectivity index (χ2v) is 8.97. The van der Waals surface area contributed by atoms with Crippen LogP contribution in [0.2, 0.25) is 0 Å². The number of aliphatic carboxylic acids is 1. The van der Waals surface area contributed by atoms with E-state index in [-0.39, 0.29) is 11.4 Å². The number of carboxylic acids is 1. The van der Waals surface area contributed by atoms with Crippen molar-refractivity contribution in [1.82, 2.24) is 5.32 Å². The van der Waals surface area contributed by atoms with Crippen molar-refractivity contribution in [3.05, 3.63) is 41.6 Å². The van der Waals surface area contributed by atoms with E-state index in [1.165, 1.54) is 0 Å². The molecule has 0 radical (unpaired) electrons. The molecule has 1 aromatic carbocycles. The first kappa shape index (κ1) is 21.4. The quantitative estimate of drug-likeness (QED) is 0.594. The van der Waals surface area contributed by atoms with E-state index in [9.17, 15) is 14.7 Å². The van der Waals surface area contributed by atoms with E-state index in [1.807, 2.05) is 44.2 Å². The highest BCUT2D eigenvalue weighted by Gasteiger charge is 2.49. The fourth-order valence-electron chi connectivity index (χ4n) is 3.82. The number of benzene rings is 1. The standard InChI is InChI=1S/C21H29NO4S/c1-12(2)26-20(25)17-13(3)18(19(23)24)21(6,22-14(17)4)15(5)27-16-10-8-7-9-11-16/h7-13,15,18,22H,1-6H3,(H,23,24)/p-1. The summed E-state index contributed by atoms with van der Waals surface area (Å²) in [5.41, 5.74) is 0.255. The Bertz CT molecular complexity index is 731. The van der Waals surface area contributed by atoms with E-state index in [0.717, 1.165) is 4.90 Å². The Labute approximate surface area is 165 Å². The lowest BCUT2D eigenvalue weighted by molar-refractivity contribution is -0.315. The van der Waals surface area contributed by atoms with Crippen molar-refractivity contribution in [2.24, 2.45) is 11.8 Å². The van der Waals surface area contributed by atoms with Gasteiger partial charge in [0, 0.05) is 33.6 Å². The number of hydrogen-bond acceptors (Lipinski definition) is 6. The zero-order valence-electron chi connectivity index (χ0n) is 16.7. The van der Waals surface area contributed by atoms with Crippen LogP contribution in [-0.2, 0) is 14.3 Å². The molecule has 1 aliphatic heterocycles. The predicted molar refractivity (Wildman–Crippen MR) is 105 cm³/mol. The monoisotopic (exact) mass is 390 g/mol. The van der Waals surface area contributed by atoms with Crippen molar-refractivity contribution < 1.29 is 19.4 Å². The number of hydrogen-bond donors (Lipinski definition) is 1. The summed E-state index contributed by atoms with van der Waals surface area (Å²) in [7, 11) is 0. The average Bonchev–Trinajstić information content (AvgIpc) is 2.53. The van der Waals surface area contributed by atoms with Gasteiger partial charge in [0.05, 0.1) is 17.2 Å². The maximum Gasteiger partial charge on any atom is 0.336 e. The number of rotatable bonds is 6. The topological polar surface area (TPSA) is 78.5 Å². The molecule has 1 aromatic rings. The van der Waals surface area contributed by atoms with Gasteiger partial charge in [-0.25, -0.2) is 4.79 Å². The number of nitrogens with one attached hydrogen (secondary N) is 1. The third-order valence-electron chi connectivity index (χ3n) is 5.18. The number of allylic oxidation sites excluding steroid dienone is 1. The van der Waals surface area contributed by atoms with Crippen LogP contribution < -0.4 is 10.4 Å². The molecule has 0 bridgehead atoms. The molecule has 1 N–H and O–H groups in total. The third-order valence-corrected chi connectivity index (χ3v) is 6.57. The van der Waals surface area contributed by atoms with Crippen LogP contribution in [0.25, 0.3) is 0 Å². The molecule has 1 aliphatic rings. The first-order valence-corrected chi connectivity index (χ1v) is 10.1. The molecule has 148 valence electrons. The molecule has 0 aliphatic carbocycles. The maximum atomic E-state index is 12.5. The number of carboxylic acid groups (broad SMARTS) is 1. The zero-order valence-corrected chi connectivity index (χ0v) is 17.6. The lowest BCUT2D eigenvalue weighted by Crippen LogP contribution is -2.64. The molecule has 0 aromatic heterocycles. The minimum absolute atomic E-state index is 0.0807. The number of esters is 1. The molecule has 4 unspecified atom stereocenters. The van der Waals surface area contributed by atoms with Gasteiger partial charge in [0.15, 0.2) is 0 Å². The van der Waals surface area contributed by atoms with E-state index < -0.39 is 29.3 Å². The van der Waals surface area contributed by atoms with Crippen LogP contribution in [0, 0.1) is 11.8 Å². The summed E-state index contributed by atoms with van der Waals surface area (Å²) in [5, 5.41) is 15.3. The number of carbonyl (C=O) groups is 2. The van der Waals surface area contributed by atoms with E-state index in [1.54, 1.807) is 39.5 Å². The summed E-state index contributed by atoms with van der Waals surface area (Å²) in [4.78, 5) is 25.7. The summed E-state index contributed by atoms with van der Waals surface area (Å²) < 4.78 is 5.33. The van der Waals surface area contributed by atoms with Crippen LogP contribution in [-0.4, -0.2) is 28.8 Å². The molecule has 6 heteroatoms. The van der Waals surface area contributed by atoms with Crippen molar-refractivity contribution in [3.8, 4) is 0 Å². The Hall–Kier alpha value is -1.95. The summed E-state index contributed by atoms with van der Waals surface area (Å²) in [6, 6.07) is 9.85. The summed E-state index contributed by atoms with van der Waals surface area (Å²) in [6.45, 7) is 11.0. The lowest BCUT2D eigenvalue weighted by Gasteiger charge is -2.50. The molecule has 1 heterocycles. The molecule has 0 saturated heterocycles. The molecule has 0 spiro atoms. The maximum absolute atomic E-state index is 12.5. The fourth-order valence-corrected chi connectivity index (χ4v) is 5.00. The van der Waals surface area contributed by atoms with Crippen LogP contribution in [0.5, 0.6) is 0 Å². The normalized spacial score (nSPS) is 26.5. The first-order chi connectivity index (χ1) is 12.6. The summed E-state index contributed by atoms with van der Waals surface area (Å²) >= 11 is 1.60. The molecule has 2 rings (SSSR count). The van der Waals surface area contributed by atoms with Crippen molar-refractivity contribution in [3.63, 3.8) is 0 Å². The van der Waals surface area contributed by atoms with Crippen LogP contribution in [0.3, 0.4) is 0 Å². The van der Waals surface area contributed by atoms with Crippen LogP contribution in [0.15, 0.2) is 46.5 Å². The largest absolute Gasteiger partial charge is 0.550 e. The van der Waals surface area contributed by atoms with Gasteiger partial charge in [-0.05, 0) is 39.8 Å². The predicted octanol–water partition coefficient (Wildman–Crippen LogP) is 2.76. The summed E-state index contributed by atoms with van der Waals surface area (Å²) in [5.74, 6) is -3.03. The number of thioether (sulfide) groups is 1. The van der Waals surface area contributed by atoms with Crippen molar-refractivity contribution in [2.75, 3.05) is 0 Å². The molecule has 0 amide bonds. The van der Waals surface area contributed by atoms with Crippen molar-refractivity contribution in [1.29, 1.82) is 0 Å². The van der Waals surface area contributed by atoms with Crippen LogP contribution in [0.1, 0.15) is 41.5 Å². The molecule has 5 nitrogen and oxygen atoms in total. The SMILES string of the molecule is CC1=C(C(=O)OC(C)C)C(C)C(C(=O)[O-])C(C)(C(C)Sc2ccccc2)N1. The Morgan fingerprint density at radius 3 is 2.33 bits per heavy atom. The number of ether oxygens (including phenoxy) is 1. The highest BCUT2D eigenvalue weighted by molar-refractivity contribution is 8.00. The van der Waals surface area contributed by atoms with Gasteiger partial charge in [0.2, 0.25) is 0 Å². The summed E-state index contributed by atoms with van der Waals surface area (Å²) in [6.07, 6.45) is -0.271. The smallest absolute Gasteiger partial charge is 0.336 e. The highest BCUT2D eigenvalue weighted by Crippen LogP contribution is 2.43. The third kappa shape index (κ3) is 4.49.